The summed E-state index contributed by atoms with van der Waals surface area (Å²) in [6.45, 7) is 6.82. The zero-order chi connectivity index (χ0) is 10.6. The van der Waals surface area contributed by atoms with E-state index in [4.69, 9.17) is 0 Å². The number of rotatable bonds is 4. The van der Waals surface area contributed by atoms with Crippen molar-refractivity contribution in [3.63, 3.8) is 0 Å². The second-order valence-electron chi connectivity index (χ2n) is 3.31. The molecule has 0 aromatic heterocycles. The van der Waals surface area contributed by atoms with E-state index in [-0.39, 0.29) is 0 Å². The topological polar surface area (TPSA) is 12.0 Å². The molecule has 1 rings (SSSR count). The smallest absolute Gasteiger partial charge is 0.159 e. The van der Waals surface area contributed by atoms with Gasteiger partial charge in [0.25, 0.3) is 0 Å². The Morgan fingerprint density at radius 1 is 1.36 bits per heavy atom. The van der Waals surface area contributed by atoms with Gasteiger partial charge < -0.3 is 5.32 Å². The van der Waals surface area contributed by atoms with E-state index in [9.17, 15) is 8.78 Å². The standard InChI is InChI=1S/C11H13F2N/c1-8(2)6-14-7-9-3-4-10(12)11(13)5-9/h3-5,14H,1,6-7H2,2H3. The van der Waals surface area contributed by atoms with E-state index in [1.165, 1.54) is 6.07 Å². The zero-order valence-corrected chi connectivity index (χ0v) is 8.11. The van der Waals surface area contributed by atoms with Crippen molar-refractivity contribution >= 4 is 0 Å². The molecule has 0 saturated heterocycles. The van der Waals surface area contributed by atoms with Crippen LogP contribution in [0.2, 0.25) is 0 Å². The molecule has 1 aromatic carbocycles. The van der Waals surface area contributed by atoms with Crippen LogP contribution in [0.25, 0.3) is 0 Å². The van der Waals surface area contributed by atoms with Crippen LogP contribution >= 0.6 is 0 Å². The molecular weight excluding hydrogens is 184 g/mol. The number of benzene rings is 1. The lowest BCUT2D eigenvalue weighted by atomic mass is 10.2. The maximum Gasteiger partial charge on any atom is 0.159 e. The molecule has 0 aliphatic rings. The molecule has 0 saturated carbocycles. The van der Waals surface area contributed by atoms with E-state index in [0.717, 1.165) is 17.2 Å². The van der Waals surface area contributed by atoms with Gasteiger partial charge in [0.1, 0.15) is 0 Å². The van der Waals surface area contributed by atoms with Crippen LogP contribution in [0.4, 0.5) is 8.78 Å². The van der Waals surface area contributed by atoms with Gasteiger partial charge in [0.15, 0.2) is 11.6 Å². The molecule has 76 valence electrons. The highest BCUT2D eigenvalue weighted by Gasteiger charge is 2.01. The monoisotopic (exact) mass is 197 g/mol. The Hall–Kier alpha value is -1.22. The van der Waals surface area contributed by atoms with Crippen LogP contribution in [0.3, 0.4) is 0 Å². The molecule has 1 N–H and O–H groups in total. The SMILES string of the molecule is C=C(C)CNCc1ccc(F)c(F)c1. The molecule has 0 aliphatic heterocycles. The molecule has 3 heteroatoms. The molecule has 0 radical (unpaired) electrons. The van der Waals surface area contributed by atoms with Crippen LogP contribution in [0, 0.1) is 11.6 Å². The summed E-state index contributed by atoms with van der Waals surface area (Å²) >= 11 is 0. The molecule has 0 heterocycles. The first-order valence-electron chi connectivity index (χ1n) is 4.38. The molecule has 1 nitrogen and oxygen atoms in total. The third kappa shape index (κ3) is 3.26. The normalized spacial score (nSPS) is 10.2. The minimum Gasteiger partial charge on any atom is -0.309 e. The van der Waals surface area contributed by atoms with E-state index in [2.05, 4.69) is 11.9 Å². The molecule has 0 bridgehead atoms. The second kappa shape index (κ2) is 4.86. The van der Waals surface area contributed by atoms with Crippen LogP contribution in [-0.4, -0.2) is 6.54 Å². The van der Waals surface area contributed by atoms with Crippen molar-refractivity contribution in [2.24, 2.45) is 0 Å². The van der Waals surface area contributed by atoms with Gasteiger partial charge in [-0.2, -0.15) is 0 Å². The van der Waals surface area contributed by atoms with E-state index in [1.54, 1.807) is 6.07 Å². The first-order valence-corrected chi connectivity index (χ1v) is 4.38. The van der Waals surface area contributed by atoms with Gasteiger partial charge in [-0.05, 0) is 24.6 Å². The number of nitrogens with one attached hydrogen (secondary N) is 1. The maximum absolute atomic E-state index is 12.7. The van der Waals surface area contributed by atoms with Gasteiger partial charge in [0, 0.05) is 13.1 Å². The largest absolute Gasteiger partial charge is 0.309 e. The van der Waals surface area contributed by atoms with E-state index >= 15 is 0 Å². The van der Waals surface area contributed by atoms with Crippen molar-refractivity contribution in [2.75, 3.05) is 6.54 Å². The van der Waals surface area contributed by atoms with Gasteiger partial charge in [-0.3, -0.25) is 0 Å². The molecule has 0 spiro atoms. The summed E-state index contributed by atoms with van der Waals surface area (Å²) in [4.78, 5) is 0. The highest BCUT2D eigenvalue weighted by molar-refractivity contribution is 5.17. The second-order valence-corrected chi connectivity index (χ2v) is 3.31. The van der Waals surface area contributed by atoms with Crippen LogP contribution < -0.4 is 5.32 Å². The fourth-order valence-corrected chi connectivity index (χ4v) is 1.07. The Morgan fingerprint density at radius 2 is 2.07 bits per heavy atom. The van der Waals surface area contributed by atoms with Crippen LogP contribution in [0.15, 0.2) is 30.4 Å². The molecule has 1 aromatic rings. The highest BCUT2D eigenvalue weighted by atomic mass is 19.2. The van der Waals surface area contributed by atoms with Crippen LogP contribution in [0.5, 0.6) is 0 Å². The summed E-state index contributed by atoms with van der Waals surface area (Å²) in [6.07, 6.45) is 0. The predicted molar refractivity (Wildman–Crippen MR) is 52.9 cm³/mol. The molecule has 14 heavy (non-hydrogen) atoms. The van der Waals surface area contributed by atoms with E-state index < -0.39 is 11.6 Å². The van der Waals surface area contributed by atoms with Gasteiger partial charge in [-0.1, -0.05) is 18.2 Å². The van der Waals surface area contributed by atoms with Crippen molar-refractivity contribution in [3.8, 4) is 0 Å². The first-order chi connectivity index (χ1) is 6.59. The Bertz CT molecular complexity index is 334. The van der Waals surface area contributed by atoms with E-state index in [1.807, 2.05) is 6.92 Å². The molecular formula is C11H13F2N. The number of halogens is 2. The lowest BCUT2D eigenvalue weighted by Gasteiger charge is -2.04. The Balaban J connectivity index is 2.51. The van der Waals surface area contributed by atoms with Gasteiger partial charge >= 0.3 is 0 Å². The zero-order valence-electron chi connectivity index (χ0n) is 8.11. The Morgan fingerprint density at radius 3 is 2.64 bits per heavy atom. The fraction of sp³-hybridized carbons (Fsp3) is 0.273. The average Bonchev–Trinajstić information content (AvgIpc) is 2.10. The van der Waals surface area contributed by atoms with Gasteiger partial charge in [-0.25, -0.2) is 8.78 Å². The highest BCUT2D eigenvalue weighted by Crippen LogP contribution is 2.08. The summed E-state index contributed by atoms with van der Waals surface area (Å²) in [7, 11) is 0. The van der Waals surface area contributed by atoms with Crippen LogP contribution in [-0.2, 0) is 6.54 Å². The minimum absolute atomic E-state index is 0.518. The molecule has 0 unspecified atom stereocenters. The number of hydrogen-bond acceptors (Lipinski definition) is 1. The molecule has 0 atom stereocenters. The van der Waals surface area contributed by atoms with Gasteiger partial charge in [0.2, 0.25) is 0 Å². The molecule has 0 amide bonds. The quantitative estimate of drug-likeness (QED) is 0.732. The summed E-state index contributed by atoms with van der Waals surface area (Å²) in [6, 6.07) is 3.89. The van der Waals surface area contributed by atoms with Crippen molar-refractivity contribution in [3.05, 3.63) is 47.5 Å². The van der Waals surface area contributed by atoms with Crippen molar-refractivity contribution in [1.29, 1.82) is 0 Å². The van der Waals surface area contributed by atoms with Crippen molar-refractivity contribution < 1.29 is 8.78 Å². The van der Waals surface area contributed by atoms with Gasteiger partial charge in [0.05, 0.1) is 0 Å². The molecule has 0 aliphatic carbocycles. The maximum atomic E-state index is 12.7. The first kappa shape index (κ1) is 10.9. The Labute approximate surface area is 82.4 Å². The lowest BCUT2D eigenvalue weighted by Crippen LogP contribution is -2.15. The lowest BCUT2D eigenvalue weighted by molar-refractivity contribution is 0.506. The van der Waals surface area contributed by atoms with E-state index in [0.29, 0.717) is 13.1 Å². The fourth-order valence-electron chi connectivity index (χ4n) is 1.07. The summed E-state index contributed by atoms with van der Waals surface area (Å²) in [5, 5.41) is 3.06. The van der Waals surface area contributed by atoms with Gasteiger partial charge in [-0.15, -0.1) is 0 Å². The van der Waals surface area contributed by atoms with Crippen LogP contribution in [0.1, 0.15) is 12.5 Å². The number of hydrogen-bond donors (Lipinski definition) is 1. The third-order valence-corrected chi connectivity index (χ3v) is 1.74. The summed E-state index contributed by atoms with van der Waals surface area (Å²) in [5.41, 5.74) is 1.73. The Kier molecular flexibility index (Phi) is 3.77. The predicted octanol–water partition coefficient (Wildman–Crippen LogP) is 2.63. The molecule has 0 fully saturated rings. The van der Waals surface area contributed by atoms with Crippen molar-refractivity contribution in [1.82, 2.24) is 5.32 Å². The summed E-state index contributed by atoms with van der Waals surface area (Å²) in [5.74, 6) is -1.62. The summed E-state index contributed by atoms with van der Waals surface area (Å²) < 4.78 is 25.3. The minimum atomic E-state index is -0.811. The average molecular weight is 197 g/mol. The van der Waals surface area contributed by atoms with Crippen molar-refractivity contribution in [2.45, 2.75) is 13.5 Å². The third-order valence-electron chi connectivity index (χ3n) is 1.74.